The van der Waals surface area contributed by atoms with Gasteiger partial charge in [0, 0.05) is 14.4 Å². The van der Waals surface area contributed by atoms with Gasteiger partial charge in [0.1, 0.15) is 0 Å². The van der Waals surface area contributed by atoms with Crippen LogP contribution in [0.25, 0.3) is 0 Å². The number of methoxy groups -OCH3 is 1. The Hall–Kier alpha value is 0.390. The molecule has 0 heterocycles. The lowest BCUT2D eigenvalue weighted by Crippen LogP contribution is -1.93. The van der Waals surface area contributed by atoms with Gasteiger partial charge in [-0.1, -0.05) is 0 Å². The second-order valence-electron chi connectivity index (χ2n) is 2.71. The van der Waals surface area contributed by atoms with E-state index in [9.17, 15) is 0 Å². The van der Waals surface area contributed by atoms with Gasteiger partial charge >= 0.3 is 0 Å². The smallest absolute Gasteiger partial charge is 0.155 e. The SMILES string of the molecule is COC[P+](C)(C)C. The van der Waals surface area contributed by atoms with Crippen molar-refractivity contribution in [1.29, 1.82) is 0 Å². The lowest BCUT2D eigenvalue weighted by atomic mass is 11.5. The maximum atomic E-state index is 4.96. The van der Waals surface area contributed by atoms with Crippen LogP contribution >= 0.6 is 7.26 Å². The lowest BCUT2D eigenvalue weighted by molar-refractivity contribution is 0.254. The molecule has 0 fully saturated rings. The molecule has 0 aromatic heterocycles. The van der Waals surface area contributed by atoms with Crippen LogP contribution in [0.15, 0.2) is 0 Å². The van der Waals surface area contributed by atoms with Crippen LogP contribution in [-0.2, 0) is 4.74 Å². The van der Waals surface area contributed by atoms with Crippen molar-refractivity contribution in [3.05, 3.63) is 0 Å². The first-order chi connectivity index (χ1) is 3.06. The van der Waals surface area contributed by atoms with Crippen LogP contribution in [0.5, 0.6) is 0 Å². The highest BCUT2D eigenvalue weighted by Gasteiger charge is 2.14. The van der Waals surface area contributed by atoms with E-state index in [1.807, 2.05) is 0 Å². The summed E-state index contributed by atoms with van der Waals surface area (Å²) in [6, 6.07) is 0. The van der Waals surface area contributed by atoms with Crippen LogP contribution in [0.2, 0.25) is 0 Å². The van der Waals surface area contributed by atoms with Crippen molar-refractivity contribution in [2.45, 2.75) is 0 Å². The van der Waals surface area contributed by atoms with Gasteiger partial charge in [0.2, 0.25) is 0 Å². The Bertz CT molecular complexity index is 46.5. The first-order valence-electron chi connectivity index (χ1n) is 2.35. The van der Waals surface area contributed by atoms with Crippen molar-refractivity contribution in [3.63, 3.8) is 0 Å². The molecule has 0 rings (SSSR count). The number of rotatable bonds is 2. The lowest BCUT2D eigenvalue weighted by Gasteiger charge is -2.07. The van der Waals surface area contributed by atoms with E-state index in [0.29, 0.717) is 0 Å². The molecule has 2 heteroatoms. The molecule has 0 unspecified atom stereocenters. The summed E-state index contributed by atoms with van der Waals surface area (Å²) in [5, 5.41) is 0. The van der Waals surface area contributed by atoms with Crippen LogP contribution in [0.1, 0.15) is 0 Å². The molecule has 0 aliphatic rings. The molecule has 0 aromatic carbocycles. The fraction of sp³-hybridized carbons (Fsp3) is 1.00. The predicted molar refractivity (Wildman–Crippen MR) is 36.6 cm³/mol. The van der Waals surface area contributed by atoms with E-state index in [1.54, 1.807) is 7.11 Å². The van der Waals surface area contributed by atoms with Crippen molar-refractivity contribution in [2.75, 3.05) is 33.5 Å². The fourth-order valence-electron chi connectivity index (χ4n) is 0.387. The van der Waals surface area contributed by atoms with Gasteiger partial charge in [0.05, 0.1) is 20.0 Å². The molecule has 0 atom stereocenters. The molecule has 0 N–H and O–H groups in total. The van der Waals surface area contributed by atoms with Crippen molar-refractivity contribution in [3.8, 4) is 0 Å². The van der Waals surface area contributed by atoms with E-state index in [1.165, 1.54) is 0 Å². The van der Waals surface area contributed by atoms with Crippen molar-refractivity contribution in [2.24, 2.45) is 0 Å². The Labute approximate surface area is 46.4 Å². The maximum absolute atomic E-state index is 4.96. The largest absolute Gasteiger partial charge is 0.350 e. The topological polar surface area (TPSA) is 9.23 Å². The summed E-state index contributed by atoms with van der Waals surface area (Å²) in [6.07, 6.45) is 0.951. The average Bonchev–Trinajstić information content (AvgIpc) is 1.30. The molecular weight excluding hydrogens is 107 g/mol. The second kappa shape index (κ2) is 2.64. The Morgan fingerprint density at radius 3 is 1.71 bits per heavy atom. The van der Waals surface area contributed by atoms with E-state index in [-0.39, 0.29) is 0 Å². The van der Waals surface area contributed by atoms with Gasteiger partial charge in [-0.25, -0.2) is 0 Å². The minimum absolute atomic E-state index is 0.638. The van der Waals surface area contributed by atoms with E-state index in [4.69, 9.17) is 4.74 Å². The molecule has 0 aliphatic carbocycles. The molecule has 0 bridgehead atoms. The third-order valence-electron chi connectivity index (χ3n) is 0.516. The van der Waals surface area contributed by atoms with E-state index < -0.39 is 7.26 Å². The first kappa shape index (κ1) is 7.39. The molecular formula is C5H14OP+. The van der Waals surface area contributed by atoms with Gasteiger partial charge in [-0.3, -0.25) is 0 Å². The number of hydrogen-bond acceptors (Lipinski definition) is 1. The number of hydrogen-bond donors (Lipinski definition) is 0. The second-order valence-corrected chi connectivity index (χ2v) is 7.55. The van der Waals surface area contributed by atoms with Crippen molar-refractivity contribution < 1.29 is 4.74 Å². The summed E-state index contributed by atoms with van der Waals surface area (Å²) >= 11 is 0. The predicted octanol–water partition coefficient (Wildman–Crippen LogP) is 1.50. The third kappa shape index (κ3) is 6.39. The third-order valence-corrected chi connectivity index (χ3v) is 1.55. The zero-order valence-electron chi connectivity index (χ0n) is 5.56. The van der Waals surface area contributed by atoms with Gasteiger partial charge in [0.15, 0.2) is 6.35 Å². The number of ether oxygens (including phenoxy) is 1. The molecule has 7 heavy (non-hydrogen) atoms. The molecule has 0 saturated heterocycles. The Balaban J connectivity index is 3.15. The monoisotopic (exact) mass is 121 g/mol. The normalized spacial score (nSPS) is 12.0. The highest BCUT2D eigenvalue weighted by Crippen LogP contribution is 2.45. The Kier molecular flexibility index (Phi) is 2.78. The molecule has 0 saturated carbocycles. The minimum atomic E-state index is -0.638. The maximum Gasteiger partial charge on any atom is 0.155 e. The van der Waals surface area contributed by atoms with Crippen molar-refractivity contribution in [1.82, 2.24) is 0 Å². The van der Waals surface area contributed by atoms with Crippen LogP contribution in [-0.4, -0.2) is 33.5 Å². The first-order valence-corrected chi connectivity index (χ1v) is 5.67. The average molecular weight is 121 g/mol. The van der Waals surface area contributed by atoms with Gasteiger partial charge in [-0.05, 0) is 0 Å². The molecule has 0 spiro atoms. The highest BCUT2D eigenvalue weighted by atomic mass is 31.2. The van der Waals surface area contributed by atoms with Gasteiger partial charge in [0.25, 0.3) is 0 Å². The van der Waals surface area contributed by atoms with Crippen LogP contribution in [0.4, 0.5) is 0 Å². The van der Waals surface area contributed by atoms with Crippen LogP contribution in [0, 0.1) is 0 Å². The molecule has 0 aromatic rings. The minimum Gasteiger partial charge on any atom is -0.350 e. The summed E-state index contributed by atoms with van der Waals surface area (Å²) in [7, 11) is 1.12. The highest BCUT2D eigenvalue weighted by molar-refractivity contribution is 7.73. The molecule has 0 aliphatic heterocycles. The molecule has 0 radical (unpaired) electrons. The van der Waals surface area contributed by atoms with E-state index >= 15 is 0 Å². The van der Waals surface area contributed by atoms with Crippen molar-refractivity contribution >= 4 is 7.26 Å². The van der Waals surface area contributed by atoms with Gasteiger partial charge in [-0.15, -0.1) is 0 Å². The summed E-state index contributed by atoms with van der Waals surface area (Å²) in [5.41, 5.74) is 0. The van der Waals surface area contributed by atoms with E-state index in [0.717, 1.165) is 6.35 Å². The summed E-state index contributed by atoms with van der Waals surface area (Å²) in [5.74, 6) is 0. The van der Waals surface area contributed by atoms with Crippen LogP contribution in [0.3, 0.4) is 0 Å². The molecule has 44 valence electrons. The van der Waals surface area contributed by atoms with Gasteiger partial charge < -0.3 is 4.74 Å². The van der Waals surface area contributed by atoms with Gasteiger partial charge in [-0.2, -0.15) is 0 Å². The zero-order chi connectivity index (χ0) is 5.91. The molecule has 0 amide bonds. The Morgan fingerprint density at radius 1 is 1.29 bits per heavy atom. The summed E-state index contributed by atoms with van der Waals surface area (Å²) in [4.78, 5) is 0. The quantitative estimate of drug-likeness (QED) is 0.503. The van der Waals surface area contributed by atoms with Crippen LogP contribution < -0.4 is 0 Å². The zero-order valence-corrected chi connectivity index (χ0v) is 6.46. The summed E-state index contributed by atoms with van der Waals surface area (Å²) < 4.78 is 4.96. The fourth-order valence-corrected chi connectivity index (χ4v) is 1.16. The standard InChI is InChI=1S/C5H14OP/c1-6-5-7(2,3)4/h5H2,1-4H3/q+1. The summed E-state index contributed by atoms with van der Waals surface area (Å²) in [6.45, 7) is 6.78. The molecule has 1 nitrogen and oxygen atoms in total. The van der Waals surface area contributed by atoms with E-state index in [2.05, 4.69) is 20.0 Å². The Morgan fingerprint density at radius 2 is 1.71 bits per heavy atom.